The third-order valence-corrected chi connectivity index (χ3v) is 3.03. The third-order valence-electron chi connectivity index (χ3n) is 2.37. The number of nitrogens with zero attached hydrogens (tertiary/aromatic N) is 1. The summed E-state index contributed by atoms with van der Waals surface area (Å²) in [6, 6.07) is 9.25. The molecular weight excluding hydrogens is 266 g/mol. The molecule has 2 nitrogen and oxygen atoms in total. The van der Waals surface area contributed by atoms with Crippen molar-refractivity contribution in [3.05, 3.63) is 63.9 Å². The second-order valence-corrected chi connectivity index (χ2v) is 4.36. The van der Waals surface area contributed by atoms with Gasteiger partial charge in [-0.15, -0.1) is 0 Å². The van der Waals surface area contributed by atoms with E-state index in [0.717, 1.165) is 10.0 Å². The van der Waals surface area contributed by atoms with Crippen LogP contribution in [0, 0.1) is 6.92 Å². The molecule has 0 bridgehead atoms. The molecule has 2 aromatic rings. The molecule has 1 aromatic heterocycles. The summed E-state index contributed by atoms with van der Waals surface area (Å²) in [7, 11) is 0. The van der Waals surface area contributed by atoms with Crippen LogP contribution in [0.2, 0.25) is 0 Å². The number of carbonyl (C=O) groups excluding carboxylic acids is 1. The first-order valence-electron chi connectivity index (χ1n) is 4.90. The first kappa shape index (κ1) is 11.0. The summed E-state index contributed by atoms with van der Waals surface area (Å²) in [4.78, 5) is 16.2. The number of aryl methyl sites for hydroxylation is 1. The summed E-state index contributed by atoms with van der Waals surface area (Å²) in [6.07, 6.45) is 3.24. The van der Waals surface area contributed by atoms with Gasteiger partial charge in [0.2, 0.25) is 0 Å². The van der Waals surface area contributed by atoms with Crippen LogP contribution < -0.4 is 0 Å². The molecule has 0 N–H and O–H groups in total. The summed E-state index contributed by atoms with van der Waals surface area (Å²) in [5.41, 5.74) is 2.27. The Hall–Kier alpha value is -1.48. The number of hydrogen-bond donors (Lipinski definition) is 0. The van der Waals surface area contributed by atoms with Gasteiger partial charge in [-0.05, 0) is 30.7 Å². The number of benzene rings is 1. The Morgan fingerprint density at radius 2 is 2.06 bits per heavy atom. The number of rotatable bonds is 2. The second-order valence-electron chi connectivity index (χ2n) is 3.50. The highest BCUT2D eigenvalue weighted by atomic mass is 79.9. The Labute approximate surface area is 102 Å². The molecule has 0 fully saturated rings. The van der Waals surface area contributed by atoms with Crippen LogP contribution in [0.5, 0.6) is 0 Å². The van der Waals surface area contributed by atoms with Crippen LogP contribution in [0.25, 0.3) is 0 Å². The van der Waals surface area contributed by atoms with E-state index in [1.807, 2.05) is 25.1 Å². The highest BCUT2D eigenvalue weighted by Crippen LogP contribution is 2.22. The van der Waals surface area contributed by atoms with E-state index >= 15 is 0 Å². The molecule has 0 aliphatic heterocycles. The van der Waals surface area contributed by atoms with Crippen molar-refractivity contribution < 1.29 is 4.79 Å². The van der Waals surface area contributed by atoms with E-state index in [0.29, 0.717) is 11.1 Å². The van der Waals surface area contributed by atoms with Crippen molar-refractivity contribution in [3.8, 4) is 0 Å². The van der Waals surface area contributed by atoms with Crippen LogP contribution in [0.1, 0.15) is 21.5 Å². The van der Waals surface area contributed by atoms with Crippen LogP contribution >= 0.6 is 15.9 Å². The molecule has 16 heavy (non-hydrogen) atoms. The molecule has 0 saturated carbocycles. The predicted molar refractivity (Wildman–Crippen MR) is 66.5 cm³/mol. The zero-order valence-corrected chi connectivity index (χ0v) is 10.4. The average Bonchev–Trinajstić information content (AvgIpc) is 2.30. The summed E-state index contributed by atoms with van der Waals surface area (Å²) in [5.74, 6) is -0.00178. The van der Waals surface area contributed by atoms with Crippen molar-refractivity contribution in [1.29, 1.82) is 0 Å². The molecule has 1 aromatic carbocycles. The van der Waals surface area contributed by atoms with Crippen LogP contribution in [-0.4, -0.2) is 10.8 Å². The molecule has 2 rings (SSSR count). The first-order valence-corrected chi connectivity index (χ1v) is 5.69. The van der Waals surface area contributed by atoms with E-state index in [-0.39, 0.29) is 5.78 Å². The van der Waals surface area contributed by atoms with Gasteiger partial charge in [-0.2, -0.15) is 0 Å². The summed E-state index contributed by atoms with van der Waals surface area (Å²) < 4.78 is 0.821. The number of aromatic nitrogens is 1. The van der Waals surface area contributed by atoms with Gasteiger partial charge in [0.15, 0.2) is 5.78 Å². The van der Waals surface area contributed by atoms with E-state index in [4.69, 9.17) is 0 Å². The Morgan fingerprint density at radius 1 is 1.25 bits per heavy atom. The van der Waals surface area contributed by atoms with Crippen molar-refractivity contribution >= 4 is 21.7 Å². The van der Waals surface area contributed by atoms with E-state index < -0.39 is 0 Å². The first-order chi connectivity index (χ1) is 7.70. The van der Waals surface area contributed by atoms with Crippen molar-refractivity contribution in [2.45, 2.75) is 6.92 Å². The molecule has 0 saturated heterocycles. The monoisotopic (exact) mass is 275 g/mol. The molecule has 0 atom stereocenters. The van der Waals surface area contributed by atoms with Crippen molar-refractivity contribution in [2.24, 2.45) is 0 Å². The third kappa shape index (κ3) is 2.04. The van der Waals surface area contributed by atoms with Gasteiger partial charge in [0.05, 0.1) is 0 Å². The molecule has 0 aliphatic rings. The lowest BCUT2D eigenvalue weighted by molar-refractivity contribution is 0.103. The Kier molecular flexibility index (Phi) is 3.15. The number of hydrogen-bond acceptors (Lipinski definition) is 2. The minimum atomic E-state index is -0.00178. The van der Waals surface area contributed by atoms with Crippen molar-refractivity contribution in [3.63, 3.8) is 0 Å². The van der Waals surface area contributed by atoms with Gasteiger partial charge in [-0.25, -0.2) is 0 Å². The predicted octanol–water partition coefficient (Wildman–Crippen LogP) is 3.38. The lowest BCUT2D eigenvalue weighted by atomic mass is 10.0. The topological polar surface area (TPSA) is 30.0 Å². The molecule has 80 valence electrons. The van der Waals surface area contributed by atoms with Gasteiger partial charge in [0.1, 0.15) is 0 Å². The smallest absolute Gasteiger partial charge is 0.195 e. The highest BCUT2D eigenvalue weighted by Gasteiger charge is 2.14. The summed E-state index contributed by atoms with van der Waals surface area (Å²) >= 11 is 3.40. The fraction of sp³-hybridized carbons (Fsp3) is 0.0769. The highest BCUT2D eigenvalue weighted by molar-refractivity contribution is 9.10. The molecule has 0 unspecified atom stereocenters. The van der Waals surface area contributed by atoms with E-state index in [1.54, 1.807) is 24.5 Å². The fourth-order valence-electron chi connectivity index (χ4n) is 1.56. The maximum atomic E-state index is 12.2. The lowest BCUT2D eigenvalue weighted by Crippen LogP contribution is -2.04. The zero-order valence-electron chi connectivity index (χ0n) is 8.77. The van der Waals surface area contributed by atoms with Crippen LogP contribution in [0.4, 0.5) is 0 Å². The molecule has 0 spiro atoms. The van der Waals surface area contributed by atoms with Crippen LogP contribution in [0.3, 0.4) is 0 Å². The standard InChI is InChI=1S/C13H10BrNO/c1-9-4-2-6-11(14)12(9)13(16)10-5-3-7-15-8-10/h2-8H,1H3. The average molecular weight is 276 g/mol. The summed E-state index contributed by atoms with van der Waals surface area (Å²) in [5, 5.41) is 0. The number of halogens is 1. The maximum absolute atomic E-state index is 12.2. The van der Waals surface area contributed by atoms with Gasteiger partial charge < -0.3 is 0 Å². The van der Waals surface area contributed by atoms with Gasteiger partial charge in [0.25, 0.3) is 0 Å². The number of ketones is 1. The largest absolute Gasteiger partial charge is 0.288 e. The molecule has 0 radical (unpaired) electrons. The van der Waals surface area contributed by atoms with Crippen molar-refractivity contribution in [2.75, 3.05) is 0 Å². The quantitative estimate of drug-likeness (QED) is 0.787. The second kappa shape index (κ2) is 4.58. The Balaban J connectivity index is 2.50. The zero-order chi connectivity index (χ0) is 11.5. The molecule has 1 heterocycles. The normalized spacial score (nSPS) is 10.1. The number of pyridine rings is 1. The molecule has 0 amide bonds. The Morgan fingerprint density at radius 3 is 2.69 bits per heavy atom. The minimum absolute atomic E-state index is 0.00178. The Bertz CT molecular complexity index is 502. The van der Waals surface area contributed by atoms with Gasteiger partial charge >= 0.3 is 0 Å². The van der Waals surface area contributed by atoms with E-state index in [9.17, 15) is 4.79 Å². The molecular formula is C13H10BrNO. The van der Waals surface area contributed by atoms with Crippen molar-refractivity contribution in [1.82, 2.24) is 4.98 Å². The summed E-state index contributed by atoms with van der Waals surface area (Å²) in [6.45, 7) is 1.92. The van der Waals surface area contributed by atoms with Gasteiger partial charge in [0, 0.05) is 28.0 Å². The minimum Gasteiger partial charge on any atom is -0.288 e. The van der Waals surface area contributed by atoms with Gasteiger partial charge in [-0.1, -0.05) is 28.1 Å². The molecule has 0 aliphatic carbocycles. The molecule has 3 heteroatoms. The van der Waals surface area contributed by atoms with Crippen LogP contribution in [0.15, 0.2) is 47.2 Å². The fourth-order valence-corrected chi connectivity index (χ4v) is 2.21. The van der Waals surface area contributed by atoms with E-state index in [1.165, 1.54) is 0 Å². The SMILES string of the molecule is Cc1cccc(Br)c1C(=O)c1cccnc1. The lowest BCUT2D eigenvalue weighted by Gasteiger charge is -2.06. The number of carbonyl (C=O) groups is 1. The van der Waals surface area contributed by atoms with Crippen LogP contribution in [-0.2, 0) is 0 Å². The van der Waals surface area contributed by atoms with E-state index in [2.05, 4.69) is 20.9 Å². The maximum Gasteiger partial charge on any atom is 0.195 e. The van der Waals surface area contributed by atoms with Gasteiger partial charge in [-0.3, -0.25) is 9.78 Å².